The Morgan fingerprint density at radius 3 is 3.05 bits per heavy atom. The molecule has 0 aliphatic carbocycles. The Labute approximate surface area is 134 Å². The maximum Gasteiger partial charge on any atom is 0.191 e. The first-order valence-electron chi connectivity index (χ1n) is 8.30. The number of dihydropyridines is 1. The number of allylic oxidation sites excluding steroid dienone is 1. The number of nitrogens with zero attached hydrogens (tertiary/aromatic N) is 2. The zero-order chi connectivity index (χ0) is 15.7. The Balaban J connectivity index is 1.78. The Hall–Kier alpha value is -1.78. The molecule has 2 aliphatic rings. The molecule has 0 radical (unpaired) electrons. The van der Waals surface area contributed by atoms with Crippen LogP contribution in [0.5, 0.6) is 0 Å². The Bertz CT molecular complexity index is 452. The second kappa shape index (κ2) is 8.61. The van der Waals surface area contributed by atoms with Gasteiger partial charge in [0, 0.05) is 32.9 Å². The van der Waals surface area contributed by atoms with Crippen molar-refractivity contribution in [3.8, 4) is 0 Å². The standard InChI is InChI=1S/C17H29N5/c1-3-19-12-10-17(14-21-16(18-2)22-17)9-5-4-7-15-8-6-11-20-13-15/h3,8,13,19H,1,4-7,9-12,14H2,2H3,(H2,18,21,22). The lowest BCUT2D eigenvalue weighted by atomic mass is 9.89. The topological polar surface area (TPSA) is 60.8 Å². The number of nitrogens with one attached hydrogen (secondary N) is 3. The number of aliphatic imine (C=N–C) groups is 2. The molecule has 0 saturated carbocycles. The first-order valence-corrected chi connectivity index (χ1v) is 8.30. The summed E-state index contributed by atoms with van der Waals surface area (Å²) in [6.45, 7) is 6.56. The van der Waals surface area contributed by atoms with Crippen molar-refractivity contribution < 1.29 is 0 Å². The van der Waals surface area contributed by atoms with Gasteiger partial charge in [-0.1, -0.05) is 19.1 Å². The van der Waals surface area contributed by atoms with E-state index < -0.39 is 0 Å². The van der Waals surface area contributed by atoms with Gasteiger partial charge in [-0.25, -0.2) is 0 Å². The van der Waals surface area contributed by atoms with Gasteiger partial charge in [0.2, 0.25) is 0 Å². The summed E-state index contributed by atoms with van der Waals surface area (Å²) in [6.07, 6.45) is 13.0. The average molecular weight is 303 g/mol. The van der Waals surface area contributed by atoms with Gasteiger partial charge < -0.3 is 16.0 Å². The molecule has 2 aliphatic heterocycles. The molecule has 2 rings (SSSR count). The van der Waals surface area contributed by atoms with E-state index in [0.29, 0.717) is 0 Å². The Morgan fingerprint density at radius 1 is 1.45 bits per heavy atom. The van der Waals surface area contributed by atoms with Gasteiger partial charge in [-0.15, -0.1) is 0 Å². The van der Waals surface area contributed by atoms with E-state index in [2.05, 4.69) is 38.6 Å². The second-order valence-electron chi connectivity index (χ2n) is 6.05. The highest BCUT2D eigenvalue weighted by Gasteiger charge is 2.35. The van der Waals surface area contributed by atoms with Crippen molar-refractivity contribution in [2.24, 2.45) is 9.98 Å². The van der Waals surface area contributed by atoms with Crippen molar-refractivity contribution in [3.05, 3.63) is 24.4 Å². The normalized spacial score (nSPS) is 25.5. The van der Waals surface area contributed by atoms with E-state index >= 15 is 0 Å². The zero-order valence-corrected chi connectivity index (χ0v) is 13.7. The predicted octanol–water partition coefficient (Wildman–Crippen LogP) is 1.99. The maximum atomic E-state index is 4.35. The van der Waals surface area contributed by atoms with Crippen molar-refractivity contribution in [2.45, 2.75) is 44.1 Å². The lowest BCUT2D eigenvalue weighted by molar-refractivity contribution is 0.341. The van der Waals surface area contributed by atoms with E-state index in [9.17, 15) is 0 Å². The molecule has 22 heavy (non-hydrogen) atoms. The highest BCUT2D eigenvalue weighted by Crippen LogP contribution is 2.22. The van der Waals surface area contributed by atoms with Gasteiger partial charge in [0.25, 0.3) is 0 Å². The first kappa shape index (κ1) is 16.6. The van der Waals surface area contributed by atoms with Gasteiger partial charge in [-0.2, -0.15) is 0 Å². The van der Waals surface area contributed by atoms with Crippen LogP contribution >= 0.6 is 0 Å². The molecule has 0 aromatic rings. The van der Waals surface area contributed by atoms with E-state index in [0.717, 1.165) is 51.3 Å². The monoisotopic (exact) mass is 303 g/mol. The smallest absolute Gasteiger partial charge is 0.191 e. The lowest BCUT2D eigenvalue weighted by Crippen LogP contribution is -2.45. The summed E-state index contributed by atoms with van der Waals surface area (Å²) in [4.78, 5) is 8.59. The summed E-state index contributed by atoms with van der Waals surface area (Å²) in [6, 6.07) is 0. The second-order valence-corrected chi connectivity index (χ2v) is 6.05. The number of unbranched alkanes of at least 4 members (excludes halogenated alkanes) is 1. The van der Waals surface area contributed by atoms with Crippen molar-refractivity contribution in [2.75, 3.05) is 26.7 Å². The van der Waals surface area contributed by atoms with Gasteiger partial charge in [-0.05, 0) is 43.9 Å². The van der Waals surface area contributed by atoms with Crippen LogP contribution in [-0.2, 0) is 0 Å². The van der Waals surface area contributed by atoms with Crippen LogP contribution in [0, 0.1) is 0 Å². The fraction of sp³-hybridized carbons (Fsp3) is 0.647. The molecular weight excluding hydrogens is 274 g/mol. The van der Waals surface area contributed by atoms with Crippen LogP contribution in [0.2, 0.25) is 0 Å². The summed E-state index contributed by atoms with van der Waals surface area (Å²) in [5.74, 6) is 0.917. The Kier molecular flexibility index (Phi) is 6.49. The molecule has 5 nitrogen and oxygen atoms in total. The van der Waals surface area contributed by atoms with Crippen molar-refractivity contribution in [1.29, 1.82) is 0 Å². The largest absolute Gasteiger partial charge is 0.391 e. The SMILES string of the molecule is C=CNCCC1(CCCCC2=CCCN=C2)CN/C(=N\C)N1. The molecule has 0 aromatic heterocycles. The van der Waals surface area contributed by atoms with Gasteiger partial charge >= 0.3 is 0 Å². The highest BCUT2D eigenvalue weighted by atomic mass is 15.3. The molecule has 1 saturated heterocycles. The summed E-state index contributed by atoms with van der Waals surface area (Å²) >= 11 is 0. The number of guanidine groups is 1. The number of rotatable bonds is 9. The summed E-state index contributed by atoms with van der Waals surface area (Å²) < 4.78 is 0. The number of hydrogen-bond donors (Lipinski definition) is 3. The molecule has 5 heteroatoms. The third kappa shape index (κ3) is 4.90. The molecule has 1 atom stereocenters. The van der Waals surface area contributed by atoms with E-state index in [1.54, 1.807) is 6.20 Å². The van der Waals surface area contributed by atoms with Crippen LogP contribution in [0.1, 0.15) is 38.5 Å². The number of hydrogen-bond acceptors (Lipinski definition) is 3. The first-order chi connectivity index (χ1) is 10.8. The maximum absolute atomic E-state index is 4.35. The predicted molar refractivity (Wildman–Crippen MR) is 94.6 cm³/mol. The van der Waals surface area contributed by atoms with E-state index in [4.69, 9.17) is 0 Å². The highest BCUT2D eigenvalue weighted by molar-refractivity contribution is 5.83. The fourth-order valence-corrected chi connectivity index (χ4v) is 3.09. The molecule has 2 heterocycles. The quantitative estimate of drug-likeness (QED) is 0.571. The fourth-order valence-electron chi connectivity index (χ4n) is 3.09. The van der Waals surface area contributed by atoms with Gasteiger partial charge in [0.15, 0.2) is 5.96 Å². The molecule has 0 bridgehead atoms. The molecule has 0 aromatic carbocycles. The third-order valence-corrected chi connectivity index (χ3v) is 4.39. The van der Waals surface area contributed by atoms with Crippen molar-refractivity contribution in [1.82, 2.24) is 16.0 Å². The third-order valence-electron chi connectivity index (χ3n) is 4.39. The minimum absolute atomic E-state index is 0.111. The van der Waals surface area contributed by atoms with Gasteiger partial charge in [0.05, 0.1) is 5.54 Å². The van der Waals surface area contributed by atoms with Gasteiger partial charge in [-0.3, -0.25) is 9.98 Å². The lowest BCUT2D eigenvalue weighted by Gasteiger charge is -2.28. The molecule has 0 amide bonds. The average Bonchev–Trinajstić information content (AvgIpc) is 2.97. The summed E-state index contributed by atoms with van der Waals surface area (Å²) in [5.41, 5.74) is 1.52. The zero-order valence-electron chi connectivity index (χ0n) is 13.7. The minimum atomic E-state index is 0.111. The van der Waals surface area contributed by atoms with Crippen LogP contribution in [-0.4, -0.2) is 44.4 Å². The van der Waals surface area contributed by atoms with Crippen LogP contribution in [0.3, 0.4) is 0 Å². The molecule has 122 valence electrons. The Morgan fingerprint density at radius 2 is 2.36 bits per heavy atom. The van der Waals surface area contributed by atoms with Crippen molar-refractivity contribution in [3.63, 3.8) is 0 Å². The van der Waals surface area contributed by atoms with Crippen LogP contribution in [0.25, 0.3) is 0 Å². The van der Waals surface area contributed by atoms with E-state index in [1.165, 1.54) is 18.4 Å². The molecule has 3 N–H and O–H groups in total. The molecule has 0 spiro atoms. The van der Waals surface area contributed by atoms with E-state index in [-0.39, 0.29) is 5.54 Å². The van der Waals surface area contributed by atoms with Crippen LogP contribution in [0.15, 0.2) is 34.4 Å². The molecule has 1 fully saturated rings. The minimum Gasteiger partial charge on any atom is -0.391 e. The molecule has 1 unspecified atom stereocenters. The van der Waals surface area contributed by atoms with Gasteiger partial charge in [0.1, 0.15) is 0 Å². The summed E-state index contributed by atoms with van der Waals surface area (Å²) in [7, 11) is 1.82. The summed E-state index contributed by atoms with van der Waals surface area (Å²) in [5, 5.41) is 10.1. The van der Waals surface area contributed by atoms with Crippen molar-refractivity contribution >= 4 is 12.2 Å². The van der Waals surface area contributed by atoms with Crippen LogP contribution < -0.4 is 16.0 Å². The van der Waals surface area contributed by atoms with Crippen LogP contribution in [0.4, 0.5) is 0 Å². The van der Waals surface area contributed by atoms with E-state index in [1.807, 2.05) is 13.3 Å². The molecular formula is C17H29N5.